The van der Waals surface area contributed by atoms with Crippen LogP contribution in [0.1, 0.15) is 28.1 Å². The minimum absolute atomic E-state index is 0.168. The summed E-state index contributed by atoms with van der Waals surface area (Å²) in [5.74, 6) is 1.15. The maximum Gasteiger partial charge on any atom is 0.310 e. The van der Waals surface area contributed by atoms with Crippen LogP contribution < -0.4 is 4.74 Å². The van der Waals surface area contributed by atoms with Gasteiger partial charge in [0.25, 0.3) is 0 Å². The number of rotatable bonds is 7. The summed E-state index contributed by atoms with van der Waals surface area (Å²) >= 11 is 5.72. The van der Waals surface area contributed by atoms with Crippen LogP contribution in [0.2, 0.25) is 5.15 Å². The van der Waals surface area contributed by atoms with Gasteiger partial charge in [0.1, 0.15) is 29.9 Å². The zero-order chi connectivity index (χ0) is 19.2. The summed E-state index contributed by atoms with van der Waals surface area (Å²) in [5.41, 5.74) is 3.40. The predicted molar refractivity (Wildman–Crippen MR) is 99.5 cm³/mol. The van der Waals surface area contributed by atoms with E-state index in [0.717, 1.165) is 28.1 Å². The molecular formula is C20H19ClN2O4. The molecular weight excluding hydrogens is 368 g/mol. The molecule has 0 atom stereocenters. The topological polar surface area (TPSA) is 74.5 Å². The van der Waals surface area contributed by atoms with Gasteiger partial charge in [-0.25, -0.2) is 4.98 Å². The zero-order valence-electron chi connectivity index (χ0n) is 15.1. The molecule has 0 radical (unpaired) electrons. The van der Waals surface area contributed by atoms with E-state index in [0.29, 0.717) is 17.5 Å². The van der Waals surface area contributed by atoms with E-state index < -0.39 is 0 Å². The number of halogens is 1. The molecule has 3 rings (SSSR count). The van der Waals surface area contributed by atoms with Crippen LogP contribution in [0, 0.1) is 13.8 Å². The first-order valence-electron chi connectivity index (χ1n) is 8.41. The first-order chi connectivity index (χ1) is 13.0. The fraction of sp³-hybridized carbons (Fsp3) is 0.250. The largest absolute Gasteiger partial charge is 0.489 e. The molecule has 0 spiro atoms. The molecule has 0 fully saturated rings. The Morgan fingerprint density at radius 2 is 1.81 bits per heavy atom. The molecule has 0 N–H and O–H groups in total. The Morgan fingerprint density at radius 1 is 1.07 bits per heavy atom. The number of carbonyl (C=O) groups is 1. The van der Waals surface area contributed by atoms with Crippen molar-refractivity contribution in [3.05, 3.63) is 75.9 Å². The van der Waals surface area contributed by atoms with E-state index in [9.17, 15) is 4.79 Å². The van der Waals surface area contributed by atoms with Gasteiger partial charge in [0.05, 0.1) is 17.7 Å². The van der Waals surface area contributed by atoms with Crippen molar-refractivity contribution in [3.63, 3.8) is 0 Å². The van der Waals surface area contributed by atoms with Crippen LogP contribution >= 0.6 is 11.6 Å². The smallest absolute Gasteiger partial charge is 0.310 e. The zero-order valence-corrected chi connectivity index (χ0v) is 15.8. The quantitative estimate of drug-likeness (QED) is 0.447. The Kier molecular flexibility index (Phi) is 6.08. The van der Waals surface area contributed by atoms with Gasteiger partial charge in [-0.15, -0.1) is 0 Å². The van der Waals surface area contributed by atoms with E-state index in [1.54, 1.807) is 18.3 Å². The van der Waals surface area contributed by atoms with Crippen molar-refractivity contribution < 1.29 is 18.8 Å². The lowest BCUT2D eigenvalue weighted by Gasteiger charge is -2.08. The summed E-state index contributed by atoms with van der Waals surface area (Å²) in [7, 11) is 0. The van der Waals surface area contributed by atoms with E-state index in [-0.39, 0.29) is 19.0 Å². The van der Waals surface area contributed by atoms with Gasteiger partial charge in [0, 0.05) is 11.8 Å². The molecule has 0 unspecified atom stereocenters. The number of aryl methyl sites for hydroxylation is 2. The van der Waals surface area contributed by atoms with Gasteiger partial charge >= 0.3 is 5.97 Å². The fourth-order valence-corrected chi connectivity index (χ4v) is 2.55. The van der Waals surface area contributed by atoms with Crippen molar-refractivity contribution in [2.45, 2.75) is 33.5 Å². The van der Waals surface area contributed by atoms with Crippen LogP contribution in [0.15, 0.2) is 47.1 Å². The third-order valence-electron chi connectivity index (χ3n) is 4.02. The Balaban J connectivity index is 1.48. The van der Waals surface area contributed by atoms with E-state index in [2.05, 4.69) is 10.1 Å². The highest BCUT2D eigenvalue weighted by Gasteiger charge is 2.10. The first kappa shape index (κ1) is 18.9. The molecule has 0 aliphatic rings. The molecule has 27 heavy (non-hydrogen) atoms. The van der Waals surface area contributed by atoms with Gasteiger partial charge in [-0.1, -0.05) is 35.0 Å². The minimum atomic E-state index is -0.311. The SMILES string of the molecule is Cc1noc(C)c1COc1ccc(CC(=O)OCc2ccc(Cl)nc2)cc1. The number of pyridine rings is 1. The predicted octanol–water partition coefficient (Wildman–Crippen LogP) is 4.20. The summed E-state index contributed by atoms with van der Waals surface area (Å²) in [5, 5.41) is 4.31. The lowest BCUT2D eigenvalue weighted by molar-refractivity contribution is -0.144. The molecule has 2 heterocycles. The second-order valence-corrected chi connectivity index (χ2v) is 6.45. The number of benzene rings is 1. The Bertz CT molecular complexity index is 885. The summed E-state index contributed by atoms with van der Waals surface area (Å²) in [4.78, 5) is 15.9. The monoisotopic (exact) mass is 386 g/mol. The van der Waals surface area contributed by atoms with E-state index in [4.69, 9.17) is 25.6 Å². The van der Waals surface area contributed by atoms with Crippen molar-refractivity contribution in [1.82, 2.24) is 10.1 Å². The lowest BCUT2D eigenvalue weighted by atomic mass is 10.1. The van der Waals surface area contributed by atoms with Gasteiger partial charge in [0.15, 0.2) is 0 Å². The van der Waals surface area contributed by atoms with Gasteiger partial charge in [-0.05, 0) is 37.6 Å². The summed E-state index contributed by atoms with van der Waals surface area (Å²) in [6.07, 6.45) is 1.77. The molecule has 0 aliphatic carbocycles. The van der Waals surface area contributed by atoms with Crippen LogP contribution in [0.3, 0.4) is 0 Å². The molecule has 3 aromatic rings. The van der Waals surface area contributed by atoms with Gasteiger partial charge < -0.3 is 14.0 Å². The van der Waals surface area contributed by atoms with Gasteiger partial charge in [-0.2, -0.15) is 0 Å². The van der Waals surface area contributed by atoms with Crippen LogP contribution in [-0.2, 0) is 29.2 Å². The lowest BCUT2D eigenvalue weighted by Crippen LogP contribution is -2.08. The summed E-state index contributed by atoms with van der Waals surface area (Å²) in [6.45, 7) is 4.29. The first-order valence-corrected chi connectivity index (χ1v) is 8.78. The number of hydrogen-bond donors (Lipinski definition) is 0. The Morgan fingerprint density at radius 3 is 2.44 bits per heavy atom. The van der Waals surface area contributed by atoms with Gasteiger partial charge in [0.2, 0.25) is 0 Å². The number of nitrogens with zero attached hydrogens (tertiary/aromatic N) is 2. The number of aromatic nitrogens is 2. The van der Waals surface area contributed by atoms with Crippen molar-refractivity contribution in [3.8, 4) is 5.75 Å². The number of esters is 1. The third-order valence-corrected chi connectivity index (χ3v) is 4.25. The molecule has 6 nitrogen and oxygen atoms in total. The van der Waals surface area contributed by atoms with Crippen LogP contribution in [0.4, 0.5) is 0 Å². The molecule has 0 saturated carbocycles. The van der Waals surface area contributed by atoms with E-state index in [1.165, 1.54) is 0 Å². The number of ether oxygens (including phenoxy) is 2. The second kappa shape index (κ2) is 8.68. The molecule has 140 valence electrons. The Hall–Kier alpha value is -2.86. The Labute approximate surface area is 162 Å². The molecule has 0 amide bonds. The molecule has 0 aliphatic heterocycles. The second-order valence-electron chi connectivity index (χ2n) is 6.06. The van der Waals surface area contributed by atoms with E-state index >= 15 is 0 Å². The summed E-state index contributed by atoms with van der Waals surface area (Å²) < 4.78 is 16.1. The highest BCUT2D eigenvalue weighted by molar-refractivity contribution is 6.29. The van der Waals surface area contributed by atoms with Crippen molar-refractivity contribution >= 4 is 17.6 Å². The minimum Gasteiger partial charge on any atom is -0.489 e. The molecule has 0 saturated heterocycles. The maximum atomic E-state index is 12.0. The van der Waals surface area contributed by atoms with Crippen LogP contribution in [-0.4, -0.2) is 16.1 Å². The number of hydrogen-bond acceptors (Lipinski definition) is 6. The fourth-order valence-electron chi connectivity index (χ4n) is 2.44. The highest BCUT2D eigenvalue weighted by Crippen LogP contribution is 2.18. The summed E-state index contributed by atoms with van der Waals surface area (Å²) in [6, 6.07) is 10.8. The van der Waals surface area contributed by atoms with Crippen LogP contribution in [0.25, 0.3) is 0 Å². The van der Waals surface area contributed by atoms with Gasteiger partial charge in [-0.3, -0.25) is 4.79 Å². The molecule has 1 aromatic carbocycles. The van der Waals surface area contributed by atoms with E-state index in [1.807, 2.05) is 38.1 Å². The molecule has 7 heteroatoms. The third kappa shape index (κ3) is 5.31. The number of carbonyl (C=O) groups excluding carboxylic acids is 1. The average molecular weight is 387 g/mol. The molecule has 2 aromatic heterocycles. The molecule has 0 bridgehead atoms. The van der Waals surface area contributed by atoms with Crippen molar-refractivity contribution in [2.24, 2.45) is 0 Å². The average Bonchev–Trinajstić information content (AvgIpc) is 2.98. The van der Waals surface area contributed by atoms with Crippen molar-refractivity contribution in [2.75, 3.05) is 0 Å². The maximum absolute atomic E-state index is 12.0. The van der Waals surface area contributed by atoms with Crippen molar-refractivity contribution in [1.29, 1.82) is 0 Å². The van der Waals surface area contributed by atoms with Crippen LogP contribution in [0.5, 0.6) is 5.75 Å². The standard InChI is InChI=1S/C20H19ClN2O4/c1-13-18(14(2)27-23-13)12-25-17-6-3-15(4-7-17)9-20(24)26-11-16-5-8-19(21)22-10-16/h3-8,10H,9,11-12H2,1-2H3. The highest BCUT2D eigenvalue weighted by atomic mass is 35.5. The normalized spacial score (nSPS) is 10.6.